The van der Waals surface area contributed by atoms with Gasteiger partial charge in [0.25, 0.3) is 0 Å². The first-order valence-electron chi connectivity index (χ1n) is 4.45. The second-order valence-electron chi connectivity index (χ2n) is 2.76. The van der Waals surface area contributed by atoms with E-state index in [-0.39, 0.29) is 12.5 Å². The molecule has 5 heteroatoms. The summed E-state index contributed by atoms with van der Waals surface area (Å²) < 4.78 is 0. The highest BCUT2D eigenvalue weighted by Gasteiger charge is 1.97. The van der Waals surface area contributed by atoms with Crippen LogP contribution in [0, 0.1) is 5.41 Å². The monoisotopic (exact) mass is 187 g/mol. The Morgan fingerprint density at radius 2 is 2.08 bits per heavy atom. The van der Waals surface area contributed by atoms with Crippen molar-refractivity contribution in [1.82, 2.24) is 10.6 Å². The van der Waals surface area contributed by atoms with Crippen LogP contribution in [0.1, 0.15) is 26.2 Å². The minimum absolute atomic E-state index is 0.0819. The van der Waals surface area contributed by atoms with Gasteiger partial charge < -0.3 is 15.7 Å². The zero-order chi connectivity index (χ0) is 10.1. The molecule has 0 rings (SSSR count). The maximum atomic E-state index is 10.1. The molecule has 0 aromatic heterocycles. The van der Waals surface area contributed by atoms with E-state index in [1.165, 1.54) is 0 Å². The first-order chi connectivity index (χ1) is 6.16. The molecule has 0 spiro atoms. The SMILES string of the molecule is CCCCCNC(=N)NCC(=O)O. The van der Waals surface area contributed by atoms with E-state index in [1.54, 1.807) is 0 Å². The molecular formula is C8H17N3O2. The number of aliphatic carboxylic acids is 1. The first-order valence-corrected chi connectivity index (χ1v) is 4.45. The zero-order valence-corrected chi connectivity index (χ0v) is 7.89. The maximum Gasteiger partial charge on any atom is 0.322 e. The van der Waals surface area contributed by atoms with Crippen LogP contribution < -0.4 is 10.6 Å². The Hall–Kier alpha value is -1.26. The summed E-state index contributed by atoms with van der Waals surface area (Å²) in [5.74, 6) is -0.876. The maximum absolute atomic E-state index is 10.1. The number of carboxylic acid groups (broad SMARTS) is 1. The van der Waals surface area contributed by atoms with Crippen LogP contribution in [0.25, 0.3) is 0 Å². The van der Waals surface area contributed by atoms with E-state index in [0.29, 0.717) is 0 Å². The number of hydrogen-bond acceptors (Lipinski definition) is 2. The average molecular weight is 187 g/mol. The standard InChI is InChI=1S/C8H17N3O2/c1-2-3-4-5-10-8(9)11-6-7(12)13/h2-6H2,1H3,(H,12,13)(H3,9,10,11). The van der Waals surface area contributed by atoms with Gasteiger partial charge in [0.15, 0.2) is 5.96 Å². The lowest BCUT2D eigenvalue weighted by molar-refractivity contribution is -0.135. The van der Waals surface area contributed by atoms with Gasteiger partial charge >= 0.3 is 5.97 Å². The van der Waals surface area contributed by atoms with Crippen LogP contribution in [0.2, 0.25) is 0 Å². The summed E-state index contributed by atoms with van der Waals surface area (Å²) in [6, 6.07) is 0. The van der Waals surface area contributed by atoms with Crippen molar-refractivity contribution in [3.8, 4) is 0 Å². The van der Waals surface area contributed by atoms with Crippen LogP contribution in [-0.4, -0.2) is 30.1 Å². The van der Waals surface area contributed by atoms with Crippen molar-refractivity contribution < 1.29 is 9.90 Å². The summed E-state index contributed by atoms with van der Waals surface area (Å²) in [5.41, 5.74) is 0. The predicted octanol–water partition coefficient (Wildman–Crippen LogP) is 0.375. The Bertz CT molecular complexity index is 171. The van der Waals surface area contributed by atoms with Gasteiger partial charge in [-0.15, -0.1) is 0 Å². The van der Waals surface area contributed by atoms with Gasteiger partial charge in [-0.2, -0.15) is 0 Å². The largest absolute Gasteiger partial charge is 0.480 e. The first kappa shape index (κ1) is 11.7. The second-order valence-corrected chi connectivity index (χ2v) is 2.76. The Kier molecular flexibility index (Phi) is 6.68. The fraction of sp³-hybridized carbons (Fsp3) is 0.750. The summed E-state index contributed by atoms with van der Waals surface area (Å²) >= 11 is 0. The zero-order valence-electron chi connectivity index (χ0n) is 7.89. The molecule has 76 valence electrons. The molecule has 0 aromatic carbocycles. The number of carbonyl (C=O) groups is 1. The molecule has 5 nitrogen and oxygen atoms in total. The van der Waals surface area contributed by atoms with Crippen LogP contribution in [0.4, 0.5) is 0 Å². The molecule has 0 heterocycles. The minimum atomic E-state index is -0.958. The topological polar surface area (TPSA) is 85.2 Å². The molecule has 0 fully saturated rings. The second kappa shape index (κ2) is 7.39. The molecule has 0 aromatic rings. The quantitative estimate of drug-likeness (QED) is 0.275. The van der Waals surface area contributed by atoms with Crippen LogP contribution in [0.15, 0.2) is 0 Å². The molecular weight excluding hydrogens is 170 g/mol. The third-order valence-corrected chi connectivity index (χ3v) is 1.50. The van der Waals surface area contributed by atoms with Crippen LogP contribution >= 0.6 is 0 Å². The Morgan fingerprint density at radius 3 is 2.62 bits per heavy atom. The third kappa shape index (κ3) is 8.65. The van der Waals surface area contributed by atoms with Gasteiger partial charge in [0.2, 0.25) is 0 Å². The molecule has 0 saturated heterocycles. The molecule has 0 radical (unpaired) electrons. The number of nitrogens with one attached hydrogen (secondary N) is 3. The highest BCUT2D eigenvalue weighted by atomic mass is 16.4. The van der Waals surface area contributed by atoms with Gasteiger partial charge in [-0.05, 0) is 6.42 Å². The fourth-order valence-corrected chi connectivity index (χ4v) is 0.815. The molecule has 0 aliphatic carbocycles. The molecule has 0 amide bonds. The van der Waals surface area contributed by atoms with Crippen molar-refractivity contribution in [2.45, 2.75) is 26.2 Å². The minimum Gasteiger partial charge on any atom is -0.480 e. The Morgan fingerprint density at radius 1 is 1.38 bits per heavy atom. The molecule has 0 saturated carbocycles. The van der Waals surface area contributed by atoms with E-state index < -0.39 is 5.97 Å². The molecule has 0 aliphatic heterocycles. The highest BCUT2D eigenvalue weighted by Crippen LogP contribution is 1.90. The van der Waals surface area contributed by atoms with E-state index in [4.69, 9.17) is 10.5 Å². The molecule has 0 bridgehead atoms. The van der Waals surface area contributed by atoms with Crippen molar-refractivity contribution in [3.05, 3.63) is 0 Å². The lowest BCUT2D eigenvalue weighted by atomic mass is 10.2. The van der Waals surface area contributed by atoms with E-state index >= 15 is 0 Å². The fourth-order valence-electron chi connectivity index (χ4n) is 0.815. The van der Waals surface area contributed by atoms with Gasteiger partial charge in [-0.25, -0.2) is 0 Å². The van der Waals surface area contributed by atoms with Crippen molar-refractivity contribution in [1.29, 1.82) is 5.41 Å². The molecule has 13 heavy (non-hydrogen) atoms. The van der Waals surface area contributed by atoms with Crippen molar-refractivity contribution in [2.75, 3.05) is 13.1 Å². The normalized spacial score (nSPS) is 9.31. The Balaban J connectivity index is 3.25. The molecule has 0 atom stereocenters. The molecule has 0 unspecified atom stereocenters. The van der Waals surface area contributed by atoms with Gasteiger partial charge in [0.05, 0.1) is 0 Å². The van der Waals surface area contributed by atoms with E-state index in [9.17, 15) is 4.79 Å². The smallest absolute Gasteiger partial charge is 0.322 e. The van der Waals surface area contributed by atoms with Gasteiger partial charge in [-0.1, -0.05) is 19.8 Å². The van der Waals surface area contributed by atoms with Crippen LogP contribution in [0.3, 0.4) is 0 Å². The number of guanidine groups is 1. The lowest BCUT2D eigenvalue weighted by Crippen LogP contribution is -2.39. The summed E-state index contributed by atoms with van der Waals surface area (Å²) in [5, 5.41) is 20.7. The van der Waals surface area contributed by atoms with Crippen molar-refractivity contribution >= 4 is 11.9 Å². The summed E-state index contributed by atoms with van der Waals surface area (Å²) in [6.45, 7) is 2.62. The van der Waals surface area contributed by atoms with Crippen LogP contribution in [0.5, 0.6) is 0 Å². The molecule has 0 aliphatic rings. The van der Waals surface area contributed by atoms with E-state index in [2.05, 4.69) is 17.6 Å². The predicted molar refractivity (Wildman–Crippen MR) is 50.9 cm³/mol. The third-order valence-electron chi connectivity index (χ3n) is 1.50. The number of carboxylic acids is 1. The highest BCUT2D eigenvalue weighted by molar-refractivity contribution is 5.81. The number of hydrogen-bond donors (Lipinski definition) is 4. The lowest BCUT2D eigenvalue weighted by Gasteiger charge is -2.07. The average Bonchev–Trinajstić information content (AvgIpc) is 2.09. The Labute approximate surface area is 78.0 Å². The van der Waals surface area contributed by atoms with Crippen LogP contribution in [-0.2, 0) is 4.79 Å². The van der Waals surface area contributed by atoms with Crippen molar-refractivity contribution in [2.24, 2.45) is 0 Å². The van der Waals surface area contributed by atoms with Gasteiger partial charge in [0.1, 0.15) is 6.54 Å². The van der Waals surface area contributed by atoms with Gasteiger partial charge in [-0.3, -0.25) is 10.2 Å². The van der Waals surface area contributed by atoms with E-state index in [1.807, 2.05) is 0 Å². The summed E-state index contributed by atoms with van der Waals surface area (Å²) in [6.07, 6.45) is 3.27. The number of unbranched alkanes of at least 4 members (excludes halogenated alkanes) is 2. The summed E-state index contributed by atoms with van der Waals surface area (Å²) in [4.78, 5) is 10.1. The summed E-state index contributed by atoms with van der Waals surface area (Å²) in [7, 11) is 0. The molecule has 4 N–H and O–H groups in total. The van der Waals surface area contributed by atoms with E-state index in [0.717, 1.165) is 25.8 Å². The number of rotatable bonds is 6. The van der Waals surface area contributed by atoms with Crippen molar-refractivity contribution in [3.63, 3.8) is 0 Å². The van der Waals surface area contributed by atoms with Gasteiger partial charge in [0, 0.05) is 6.54 Å².